The second kappa shape index (κ2) is 11.6. The van der Waals surface area contributed by atoms with Crippen LogP contribution in [-0.4, -0.2) is 27.7 Å². The van der Waals surface area contributed by atoms with Gasteiger partial charge < -0.3 is 24.8 Å². The second-order valence-electron chi connectivity index (χ2n) is 11.3. The number of hydrogen-bond donors (Lipinski definition) is 2. The van der Waals surface area contributed by atoms with Crippen molar-refractivity contribution in [1.29, 1.82) is 0 Å². The van der Waals surface area contributed by atoms with E-state index in [0.717, 1.165) is 34.0 Å². The van der Waals surface area contributed by atoms with Crippen LogP contribution in [0.3, 0.4) is 0 Å². The number of methoxy groups -OCH3 is 1. The van der Waals surface area contributed by atoms with Gasteiger partial charge in [-0.3, -0.25) is 9.78 Å². The van der Waals surface area contributed by atoms with E-state index >= 15 is 0 Å². The summed E-state index contributed by atoms with van der Waals surface area (Å²) in [5.74, 6) is 0.430. The Hall–Kier alpha value is -3.59. The molecule has 1 fully saturated rings. The summed E-state index contributed by atoms with van der Waals surface area (Å²) in [6, 6.07) is 18.7. The zero-order valence-corrected chi connectivity index (χ0v) is 26.7. The molecule has 0 spiro atoms. The number of nitrogens with zero attached hydrogens (tertiary/aromatic N) is 3. The van der Waals surface area contributed by atoms with Crippen LogP contribution in [0.5, 0.6) is 5.75 Å². The van der Waals surface area contributed by atoms with Crippen molar-refractivity contribution in [2.24, 2.45) is 5.41 Å². The van der Waals surface area contributed by atoms with Gasteiger partial charge in [-0.15, -0.1) is 0 Å². The highest BCUT2D eigenvalue weighted by Gasteiger charge is 2.42. The van der Waals surface area contributed by atoms with Crippen LogP contribution in [-0.2, 0) is 4.79 Å². The first-order chi connectivity index (χ1) is 19.9. The number of ether oxygens (including phenoxy) is 1. The van der Waals surface area contributed by atoms with Crippen molar-refractivity contribution in [2.45, 2.75) is 46.7 Å². The molecule has 1 amide bonds. The van der Waals surface area contributed by atoms with E-state index in [1.54, 1.807) is 19.4 Å². The van der Waals surface area contributed by atoms with Gasteiger partial charge in [0.05, 0.1) is 41.3 Å². The first-order valence-electron chi connectivity index (χ1n) is 13.5. The number of carbonyl (C=O) groups excluding carboxylic acids is 1. The van der Waals surface area contributed by atoms with Gasteiger partial charge in [0.1, 0.15) is 5.75 Å². The molecule has 2 aromatic heterocycles. The van der Waals surface area contributed by atoms with Crippen molar-refractivity contribution in [2.75, 3.05) is 17.3 Å². The van der Waals surface area contributed by atoms with Gasteiger partial charge in [0.15, 0.2) is 5.11 Å². The molecule has 1 saturated heterocycles. The molecule has 7 nitrogen and oxygen atoms in total. The maximum atomic E-state index is 12.7. The van der Waals surface area contributed by atoms with Crippen LogP contribution in [0.2, 0.25) is 10.0 Å². The fraction of sp³-hybridized carbons (Fsp3) is 0.281. The predicted molar refractivity (Wildman–Crippen MR) is 174 cm³/mol. The lowest BCUT2D eigenvalue weighted by Gasteiger charge is -2.29. The summed E-state index contributed by atoms with van der Waals surface area (Å²) >= 11 is 18.8. The van der Waals surface area contributed by atoms with Crippen LogP contribution in [0.25, 0.3) is 5.69 Å². The molecule has 0 aliphatic carbocycles. The van der Waals surface area contributed by atoms with E-state index < -0.39 is 5.41 Å². The Morgan fingerprint density at radius 3 is 2.48 bits per heavy atom. The normalized spacial score (nSPS) is 16.9. The van der Waals surface area contributed by atoms with E-state index in [4.69, 9.17) is 40.2 Å². The molecule has 1 aliphatic rings. The number of amides is 1. The Bertz CT molecular complexity index is 1670. The Kier molecular flexibility index (Phi) is 8.25. The largest absolute Gasteiger partial charge is 0.494 e. The summed E-state index contributed by atoms with van der Waals surface area (Å²) in [5.41, 5.74) is 5.65. The summed E-state index contributed by atoms with van der Waals surface area (Å²) in [4.78, 5) is 19.5. The molecule has 1 aliphatic heterocycles. The van der Waals surface area contributed by atoms with Crippen molar-refractivity contribution >= 4 is 57.8 Å². The molecule has 0 saturated carbocycles. The Morgan fingerprint density at radius 1 is 1.07 bits per heavy atom. The molecule has 0 unspecified atom stereocenters. The molecule has 2 N–H and O–H groups in total. The van der Waals surface area contributed by atoms with Crippen molar-refractivity contribution in [3.8, 4) is 11.4 Å². The van der Waals surface area contributed by atoms with Gasteiger partial charge in [0.2, 0.25) is 5.91 Å². The van der Waals surface area contributed by atoms with E-state index in [9.17, 15) is 4.79 Å². The number of rotatable bonds is 6. The minimum Gasteiger partial charge on any atom is -0.494 e. The highest BCUT2D eigenvalue weighted by Crippen LogP contribution is 2.45. The third kappa shape index (κ3) is 5.59. The zero-order chi connectivity index (χ0) is 30.3. The average Bonchev–Trinajstić information content (AvgIpc) is 3.44. The molecule has 5 rings (SSSR count). The molecule has 3 heterocycles. The zero-order valence-electron chi connectivity index (χ0n) is 24.3. The minimum absolute atomic E-state index is 0.103. The maximum absolute atomic E-state index is 12.7. The van der Waals surface area contributed by atoms with Crippen molar-refractivity contribution < 1.29 is 9.53 Å². The van der Waals surface area contributed by atoms with E-state index in [1.165, 1.54) is 0 Å². The van der Waals surface area contributed by atoms with Crippen LogP contribution >= 0.6 is 35.4 Å². The molecule has 10 heteroatoms. The molecule has 2 aromatic carbocycles. The lowest BCUT2D eigenvalue weighted by atomic mass is 9.95. The van der Waals surface area contributed by atoms with Gasteiger partial charge in [-0.05, 0) is 80.2 Å². The number of aromatic nitrogens is 2. The summed E-state index contributed by atoms with van der Waals surface area (Å²) in [5, 5.41) is 8.20. The summed E-state index contributed by atoms with van der Waals surface area (Å²) < 4.78 is 7.86. The number of aryl methyl sites for hydroxylation is 1. The summed E-state index contributed by atoms with van der Waals surface area (Å²) in [7, 11) is 1.59. The number of carbonyl (C=O) groups is 1. The molecule has 0 radical (unpaired) electrons. The topological polar surface area (TPSA) is 71.4 Å². The van der Waals surface area contributed by atoms with Crippen LogP contribution < -0.4 is 20.3 Å². The standard InChI is InChI=1S/C32H33Cl2N5O2S/c1-18-15-22(19(2)38(18)26-13-10-20(33)16-23(26)34)29-28(25-9-7-8-14-35-25)37-31(42)39(29)21-11-12-24(27(17-21)41-6)36-30(40)32(3,4)5/h7-17,28-29H,1-6H3,(H,36,40)(H,37,42)/t28-,29-/m1/s1. The Balaban J connectivity index is 1.64. The van der Waals surface area contributed by atoms with Gasteiger partial charge >= 0.3 is 0 Å². The van der Waals surface area contributed by atoms with Crippen molar-refractivity contribution in [1.82, 2.24) is 14.9 Å². The molecule has 218 valence electrons. The van der Waals surface area contributed by atoms with Crippen molar-refractivity contribution in [3.05, 3.63) is 99.6 Å². The maximum Gasteiger partial charge on any atom is 0.229 e. The number of halogens is 2. The number of benzene rings is 2. The van der Waals surface area contributed by atoms with E-state index in [2.05, 4.69) is 45.0 Å². The van der Waals surface area contributed by atoms with Gasteiger partial charge in [-0.2, -0.15) is 0 Å². The van der Waals surface area contributed by atoms with E-state index in [-0.39, 0.29) is 18.0 Å². The van der Waals surface area contributed by atoms with Gasteiger partial charge in [-0.1, -0.05) is 50.0 Å². The molecular weight excluding hydrogens is 589 g/mol. The SMILES string of the molecule is COc1cc(N2C(=S)N[C@H](c3ccccn3)[C@H]2c2cc(C)n(-c3ccc(Cl)cc3Cl)c2C)ccc1NC(=O)C(C)(C)C. The third-order valence-corrected chi connectivity index (χ3v) is 8.28. The first kappa shape index (κ1) is 29.9. The van der Waals surface area contributed by atoms with E-state index in [0.29, 0.717) is 26.6 Å². The van der Waals surface area contributed by atoms with Gasteiger partial charge in [0, 0.05) is 39.8 Å². The fourth-order valence-corrected chi connectivity index (χ4v) is 6.15. The smallest absolute Gasteiger partial charge is 0.229 e. The predicted octanol–water partition coefficient (Wildman–Crippen LogP) is 7.97. The highest BCUT2D eigenvalue weighted by atomic mass is 35.5. The first-order valence-corrected chi connectivity index (χ1v) is 14.7. The lowest BCUT2D eigenvalue weighted by molar-refractivity contribution is -0.123. The van der Waals surface area contributed by atoms with Crippen molar-refractivity contribution in [3.63, 3.8) is 0 Å². The lowest BCUT2D eigenvalue weighted by Crippen LogP contribution is -2.30. The number of thiocarbonyl (C=S) groups is 1. The quantitative estimate of drug-likeness (QED) is 0.213. The third-order valence-electron chi connectivity index (χ3n) is 7.43. The summed E-state index contributed by atoms with van der Waals surface area (Å²) in [6.07, 6.45) is 1.78. The molecule has 0 bridgehead atoms. The monoisotopic (exact) mass is 621 g/mol. The van der Waals surface area contributed by atoms with Crippen LogP contribution in [0.15, 0.2) is 66.9 Å². The number of nitrogens with one attached hydrogen (secondary N) is 2. The van der Waals surface area contributed by atoms with E-state index in [1.807, 2.05) is 69.3 Å². The molecule has 42 heavy (non-hydrogen) atoms. The number of hydrogen-bond acceptors (Lipinski definition) is 4. The summed E-state index contributed by atoms with van der Waals surface area (Å²) in [6.45, 7) is 9.74. The fourth-order valence-electron chi connectivity index (χ4n) is 5.31. The minimum atomic E-state index is -0.555. The number of anilines is 2. The molecule has 4 aromatic rings. The highest BCUT2D eigenvalue weighted by molar-refractivity contribution is 7.80. The average molecular weight is 623 g/mol. The van der Waals surface area contributed by atoms with Crippen LogP contribution in [0, 0.1) is 19.3 Å². The van der Waals surface area contributed by atoms with Crippen LogP contribution in [0.4, 0.5) is 11.4 Å². The second-order valence-corrected chi connectivity index (χ2v) is 12.6. The van der Waals surface area contributed by atoms with Gasteiger partial charge in [-0.25, -0.2) is 0 Å². The Labute approximate surface area is 261 Å². The van der Waals surface area contributed by atoms with Gasteiger partial charge in [0.25, 0.3) is 0 Å². The van der Waals surface area contributed by atoms with Crippen LogP contribution in [0.1, 0.15) is 55.5 Å². The molecule has 2 atom stereocenters. The Morgan fingerprint density at radius 2 is 1.83 bits per heavy atom. The number of pyridine rings is 1. The molecular formula is C32H33Cl2N5O2S.